The average molecular weight is 769 g/mol. The lowest BCUT2D eigenvalue weighted by molar-refractivity contribution is -0.407. The molecule has 56 heavy (non-hydrogen) atoms. The SMILES string of the molecule is CCCCC(CC)C(=O)Nc1cc2c(cc1C1C(=O)/C(=c3\cc4c(cc3NC(=O)C(CC)CCCC)=[N+](C(C)C)C(C)C4(C)C)C1[O-])C(C)(C)C(C)N2C(C)C. The van der Waals surface area contributed by atoms with Crippen LogP contribution in [0.25, 0.3) is 5.57 Å². The zero-order chi connectivity index (χ0) is 41.6. The number of unbranched alkanes of at least 4 members (excludes halogenated alkanes) is 2. The standard InChI is InChI=1S/C48H71N4O4/c1-15-19-21-31(17-3)45(55)49-37-25-39-35(47(11,12)29(9)51(39)27(5)6)23-33(37)41-43(53)42(44(41)54)34-24-36-40(52(28(7)8)30(10)48(36,13)14)26-38(34)50-46(56)32(18-4)22-20-16-2/h23-32,41,43H,15-22H2,1-14H3,(H,49,55)/q-1/p+1/b42-34+. The van der Waals surface area contributed by atoms with Crippen molar-refractivity contribution < 1.29 is 19.5 Å². The van der Waals surface area contributed by atoms with E-state index in [0.29, 0.717) is 35.0 Å². The minimum atomic E-state index is -1.37. The Kier molecular flexibility index (Phi) is 13.0. The van der Waals surface area contributed by atoms with Crippen molar-refractivity contribution in [3.8, 4) is 0 Å². The van der Waals surface area contributed by atoms with Gasteiger partial charge in [0.1, 0.15) is 6.04 Å². The van der Waals surface area contributed by atoms with E-state index < -0.39 is 12.0 Å². The maximum absolute atomic E-state index is 14.9. The van der Waals surface area contributed by atoms with Crippen molar-refractivity contribution >= 4 is 40.2 Å². The van der Waals surface area contributed by atoms with Gasteiger partial charge in [-0.2, -0.15) is 0 Å². The highest BCUT2D eigenvalue weighted by atomic mass is 16.3. The Balaban J connectivity index is 1.71. The summed E-state index contributed by atoms with van der Waals surface area (Å²) in [6.07, 6.45) is 5.55. The Morgan fingerprint density at radius 1 is 0.804 bits per heavy atom. The predicted molar refractivity (Wildman–Crippen MR) is 230 cm³/mol. The second-order valence-electron chi connectivity index (χ2n) is 18.8. The summed E-state index contributed by atoms with van der Waals surface area (Å²) >= 11 is 0. The summed E-state index contributed by atoms with van der Waals surface area (Å²) in [6, 6.07) is 8.90. The molecule has 0 saturated heterocycles. The Morgan fingerprint density at radius 2 is 1.36 bits per heavy atom. The van der Waals surface area contributed by atoms with Gasteiger partial charge in [-0.25, -0.2) is 4.58 Å². The second-order valence-corrected chi connectivity index (χ2v) is 18.8. The molecule has 1 saturated carbocycles. The van der Waals surface area contributed by atoms with Crippen molar-refractivity contribution in [3.63, 3.8) is 0 Å². The van der Waals surface area contributed by atoms with E-state index in [0.717, 1.165) is 60.7 Å². The van der Waals surface area contributed by atoms with Crippen LogP contribution in [0.4, 0.5) is 17.1 Å². The molecule has 2 heterocycles. The van der Waals surface area contributed by atoms with Gasteiger partial charge in [0, 0.05) is 63.5 Å². The smallest absolute Gasteiger partial charge is 0.227 e. The van der Waals surface area contributed by atoms with Crippen LogP contribution < -0.4 is 35.8 Å². The molecule has 8 heteroatoms. The molecule has 3 aliphatic rings. The molecule has 2 aromatic carbocycles. The van der Waals surface area contributed by atoms with E-state index in [4.69, 9.17) is 0 Å². The maximum atomic E-state index is 14.9. The van der Waals surface area contributed by atoms with Gasteiger partial charge < -0.3 is 20.6 Å². The van der Waals surface area contributed by atoms with Crippen LogP contribution in [0.1, 0.15) is 171 Å². The minimum absolute atomic E-state index is 0.0646. The third-order valence-corrected chi connectivity index (χ3v) is 14.1. The van der Waals surface area contributed by atoms with Crippen molar-refractivity contribution in [2.24, 2.45) is 11.8 Å². The van der Waals surface area contributed by atoms with Gasteiger partial charge in [-0.05, 0) is 110 Å². The van der Waals surface area contributed by atoms with Crippen molar-refractivity contribution in [3.05, 3.63) is 51.5 Å². The highest BCUT2D eigenvalue weighted by Crippen LogP contribution is 2.51. The molecule has 0 spiro atoms. The summed E-state index contributed by atoms with van der Waals surface area (Å²) in [5.41, 5.74) is 4.60. The number of carbonyl (C=O) groups is 3. The normalized spacial score (nSPS) is 24.3. The zero-order valence-corrected chi connectivity index (χ0v) is 37.1. The van der Waals surface area contributed by atoms with Gasteiger partial charge in [-0.1, -0.05) is 79.4 Å². The van der Waals surface area contributed by atoms with Crippen molar-refractivity contribution in [1.82, 2.24) is 4.58 Å². The first-order chi connectivity index (χ1) is 26.3. The van der Waals surface area contributed by atoms with Crippen LogP contribution >= 0.6 is 0 Å². The topological polar surface area (TPSA) is 105 Å². The summed E-state index contributed by atoms with van der Waals surface area (Å²) in [5.74, 6) is -1.66. The largest absolute Gasteiger partial charge is 0.848 e. The molecule has 8 nitrogen and oxygen atoms in total. The van der Waals surface area contributed by atoms with Gasteiger partial charge in [-0.15, -0.1) is 0 Å². The quantitative estimate of drug-likeness (QED) is 0.181. The molecule has 1 fully saturated rings. The minimum Gasteiger partial charge on any atom is -0.848 e. The summed E-state index contributed by atoms with van der Waals surface area (Å²) < 4.78 is 2.39. The molecular weight excluding hydrogens is 697 g/mol. The Labute approximate surface area is 337 Å². The molecule has 2 amide bonds. The van der Waals surface area contributed by atoms with Gasteiger partial charge in [0.15, 0.2) is 11.8 Å². The highest BCUT2D eigenvalue weighted by Gasteiger charge is 2.49. The lowest BCUT2D eigenvalue weighted by atomic mass is 9.68. The number of carbonyl (C=O) groups excluding carboxylic acids is 3. The number of anilines is 3. The van der Waals surface area contributed by atoms with Gasteiger partial charge in [0.25, 0.3) is 0 Å². The Bertz CT molecular complexity index is 1960. The van der Waals surface area contributed by atoms with E-state index in [9.17, 15) is 19.5 Å². The fourth-order valence-electron chi connectivity index (χ4n) is 9.88. The van der Waals surface area contributed by atoms with Crippen LogP contribution in [0, 0.1) is 11.8 Å². The second kappa shape index (κ2) is 16.8. The molecule has 0 aromatic heterocycles. The van der Waals surface area contributed by atoms with E-state index >= 15 is 0 Å². The third-order valence-electron chi connectivity index (χ3n) is 14.1. The molecule has 308 valence electrons. The lowest BCUT2D eigenvalue weighted by Crippen LogP contribution is -2.53. The number of hydrogen-bond acceptors (Lipinski definition) is 5. The van der Waals surface area contributed by atoms with Crippen LogP contribution in [0.5, 0.6) is 0 Å². The van der Waals surface area contributed by atoms with E-state index in [1.165, 1.54) is 0 Å². The highest BCUT2D eigenvalue weighted by molar-refractivity contribution is 6.28. The summed E-state index contributed by atoms with van der Waals surface area (Å²) in [6.45, 7) is 30.4. The fraction of sp³-hybridized carbons (Fsp3) is 0.667. The van der Waals surface area contributed by atoms with Crippen LogP contribution in [-0.4, -0.2) is 47.9 Å². The fourth-order valence-corrected chi connectivity index (χ4v) is 9.88. The van der Waals surface area contributed by atoms with Crippen molar-refractivity contribution in [2.45, 2.75) is 195 Å². The number of benzene rings is 2. The number of Topliss-reactive ketones (excluding diaryl/α,β-unsaturated/α-hetero) is 1. The number of nitrogens with zero attached hydrogens (tertiary/aromatic N) is 2. The molecule has 6 atom stereocenters. The van der Waals surface area contributed by atoms with E-state index in [1.54, 1.807) is 0 Å². The number of nitrogens with one attached hydrogen (secondary N) is 2. The lowest BCUT2D eigenvalue weighted by Gasteiger charge is -2.45. The number of fused-ring (bicyclic) bond motifs is 2. The van der Waals surface area contributed by atoms with E-state index in [2.05, 4.69) is 109 Å². The molecule has 2 aromatic rings. The molecular formula is C48H72N4O4. The first kappa shape index (κ1) is 43.6. The maximum Gasteiger partial charge on any atom is 0.227 e. The Hall–Kier alpha value is -3.52. The first-order valence-corrected chi connectivity index (χ1v) is 21.9. The summed E-state index contributed by atoms with van der Waals surface area (Å²) in [4.78, 5) is 45.0. The van der Waals surface area contributed by atoms with Crippen molar-refractivity contribution in [2.75, 3.05) is 15.5 Å². The van der Waals surface area contributed by atoms with E-state index in [1.807, 2.05) is 32.0 Å². The molecule has 0 bridgehead atoms. The number of ketones is 1. The van der Waals surface area contributed by atoms with Gasteiger partial charge in [0.05, 0.1) is 11.1 Å². The number of amides is 2. The van der Waals surface area contributed by atoms with Crippen LogP contribution in [0.15, 0.2) is 24.3 Å². The molecule has 1 aliphatic carbocycles. The molecule has 6 unspecified atom stereocenters. The summed E-state index contributed by atoms with van der Waals surface area (Å²) in [7, 11) is 0. The summed E-state index contributed by atoms with van der Waals surface area (Å²) in [5, 5.41) is 23.0. The number of rotatable bonds is 15. The van der Waals surface area contributed by atoms with E-state index in [-0.39, 0.29) is 70.0 Å². The van der Waals surface area contributed by atoms with Gasteiger partial charge in [-0.3, -0.25) is 14.4 Å². The van der Waals surface area contributed by atoms with Crippen LogP contribution in [-0.2, 0) is 25.2 Å². The molecule has 2 aliphatic heterocycles. The van der Waals surface area contributed by atoms with Gasteiger partial charge >= 0.3 is 0 Å². The predicted octanol–water partition coefficient (Wildman–Crippen LogP) is 7.72. The first-order valence-electron chi connectivity index (χ1n) is 21.9. The Morgan fingerprint density at radius 3 is 1.84 bits per heavy atom. The molecule has 2 N–H and O–H groups in total. The third kappa shape index (κ3) is 7.49. The average Bonchev–Trinajstić information content (AvgIpc) is 3.45. The van der Waals surface area contributed by atoms with Crippen LogP contribution in [0.3, 0.4) is 0 Å². The van der Waals surface area contributed by atoms with Crippen LogP contribution in [0.2, 0.25) is 0 Å². The van der Waals surface area contributed by atoms with Crippen molar-refractivity contribution in [1.29, 1.82) is 0 Å². The number of hydrogen-bond donors (Lipinski definition) is 2. The molecule has 0 radical (unpaired) electrons. The zero-order valence-electron chi connectivity index (χ0n) is 37.1. The monoisotopic (exact) mass is 769 g/mol. The molecule has 5 rings (SSSR count). The van der Waals surface area contributed by atoms with Gasteiger partial charge in [0.2, 0.25) is 17.2 Å².